The average molecular weight is 256 g/mol. The highest BCUT2D eigenvalue weighted by atomic mass is 16.5. The molecule has 2 rings (SSSR count). The van der Waals surface area contributed by atoms with Crippen molar-refractivity contribution in [3.05, 3.63) is 0 Å². The van der Waals surface area contributed by atoms with Gasteiger partial charge in [-0.2, -0.15) is 0 Å². The second kappa shape index (κ2) is 6.33. The minimum absolute atomic E-state index is 0.236. The second-order valence-electron chi connectivity index (χ2n) is 5.75. The van der Waals surface area contributed by atoms with Crippen molar-refractivity contribution >= 4 is 0 Å². The van der Waals surface area contributed by atoms with Crippen molar-refractivity contribution in [2.75, 3.05) is 27.3 Å². The summed E-state index contributed by atoms with van der Waals surface area (Å²) in [4.78, 5) is 2.44. The normalized spacial score (nSPS) is 41.7. The third-order valence-electron chi connectivity index (χ3n) is 4.56. The second-order valence-corrected chi connectivity index (χ2v) is 5.75. The summed E-state index contributed by atoms with van der Waals surface area (Å²) in [7, 11) is 4.01. The van der Waals surface area contributed by atoms with Crippen LogP contribution in [0.1, 0.15) is 33.1 Å². The molecule has 2 aliphatic rings. The van der Waals surface area contributed by atoms with Crippen LogP contribution in [-0.2, 0) is 9.47 Å². The molecule has 0 amide bonds. The standard InChI is InChI=1S/C14H28N2O2/c1-5-18-13-9-12(14(13)17-4)15-11-6-7-16(3)10(2)8-11/h10-15H,5-9H2,1-4H3. The molecule has 5 atom stereocenters. The first-order valence-corrected chi connectivity index (χ1v) is 7.26. The zero-order valence-electron chi connectivity index (χ0n) is 12.2. The van der Waals surface area contributed by atoms with Gasteiger partial charge in [0.15, 0.2) is 0 Å². The molecule has 0 aromatic carbocycles. The van der Waals surface area contributed by atoms with Crippen LogP contribution < -0.4 is 5.32 Å². The van der Waals surface area contributed by atoms with Gasteiger partial charge >= 0.3 is 0 Å². The Labute approximate surface area is 111 Å². The molecule has 1 saturated heterocycles. The molecular formula is C14H28N2O2. The highest BCUT2D eigenvalue weighted by molar-refractivity contribution is 4.99. The fourth-order valence-corrected chi connectivity index (χ4v) is 3.18. The van der Waals surface area contributed by atoms with E-state index in [0.29, 0.717) is 24.2 Å². The molecule has 4 nitrogen and oxygen atoms in total. The van der Waals surface area contributed by atoms with Crippen molar-refractivity contribution in [2.45, 2.75) is 63.4 Å². The molecule has 0 aromatic rings. The lowest BCUT2D eigenvalue weighted by Crippen LogP contribution is -2.63. The summed E-state index contributed by atoms with van der Waals surface area (Å²) in [5.74, 6) is 0. The van der Waals surface area contributed by atoms with Crippen LogP contribution >= 0.6 is 0 Å². The Morgan fingerprint density at radius 3 is 2.72 bits per heavy atom. The Morgan fingerprint density at radius 2 is 2.11 bits per heavy atom. The van der Waals surface area contributed by atoms with Crippen LogP contribution in [0.5, 0.6) is 0 Å². The zero-order valence-corrected chi connectivity index (χ0v) is 12.2. The summed E-state index contributed by atoms with van der Waals surface area (Å²) >= 11 is 0. The van der Waals surface area contributed by atoms with Gasteiger partial charge < -0.3 is 19.7 Å². The molecule has 0 radical (unpaired) electrons. The average Bonchev–Trinajstić information content (AvgIpc) is 2.32. The van der Waals surface area contributed by atoms with Crippen LogP contribution in [0.4, 0.5) is 0 Å². The predicted octanol–water partition coefficient (Wildman–Crippen LogP) is 1.25. The topological polar surface area (TPSA) is 33.7 Å². The smallest absolute Gasteiger partial charge is 0.0986 e. The van der Waals surface area contributed by atoms with Crippen molar-refractivity contribution in [1.82, 2.24) is 10.2 Å². The minimum atomic E-state index is 0.236. The molecule has 1 aliphatic heterocycles. The maximum Gasteiger partial charge on any atom is 0.0986 e. The molecule has 18 heavy (non-hydrogen) atoms. The molecule has 106 valence electrons. The van der Waals surface area contributed by atoms with Crippen LogP contribution in [0.15, 0.2) is 0 Å². The summed E-state index contributed by atoms with van der Waals surface area (Å²) in [6.07, 6.45) is 4.10. The van der Waals surface area contributed by atoms with Gasteiger partial charge in [-0.05, 0) is 46.7 Å². The SMILES string of the molecule is CCOC1CC(NC2CCN(C)C(C)C2)C1OC. The van der Waals surface area contributed by atoms with Gasteiger partial charge in [0.25, 0.3) is 0 Å². The molecular weight excluding hydrogens is 228 g/mol. The molecule has 1 saturated carbocycles. The van der Waals surface area contributed by atoms with Gasteiger partial charge in [-0.3, -0.25) is 0 Å². The first-order chi connectivity index (χ1) is 8.65. The predicted molar refractivity (Wildman–Crippen MR) is 72.9 cm³/mol. The highest BCUT2D eigenvalue weighted by Gasteiger charge is 2.43. The largest absolute Gasteiger partial charge is 0.377 e. The van der Waals surface area contributed by atoms with Crippen molar-refractivity contribution in [3.8, 4) is 0 Å². The number of nitrogens with zero attached hydrogens (tertiary/aromatic N) is 1. The van der Waals surface area contributed by atoms with E-state index in [-0.39, 0.29) is 6.10 Å². The first-order valence-electron chi connectivity index (χ1n) is 7.26. The molecule has 5 unspecified atom stereocenters. The fourth-order valence-electron chi connectivity index (χ4n) is 3.18. The van der Waals surface area contributed by atoms with Gasteiger partial charge in [-0.1, -0.05) is 0 Å². The van der Waals surface area contributed by atoms with E-state index >= 15 is 0 Å². The van der Waals surface area contributed by atoms with E-state index in [9.17, 15) is 0 Å². The zero-order chi connectivity index (χ0) is 13.1. The molecule has 1 N–H and O–H groups in total. The van der Waals surface area contributed by atoms with Gasteiger partial charge in [0, 0.05) is 31.8 Å². The van der Waals surface area contributed by atoms with Crippen LogP contribution in [0.25, 0.3) is 0 Å². The van der Waals surface area contributed by atoms with Gasteiger partial charge in [-0.25, -0.2) is 0 Å². The molecule has 1 aliphatic carbocycles. The maximum absolute atomic E-state index is 5.67. The van der Waals surface area contributed by atoms with E-state index in [1.165, 1.54) is 19.4 Å². The summed E-state index contributed by atoms with van der Waals surface area (Å²) in [5, 5.41) is 3.76. The van der Waals surface area contributed by atoms with Crippen LogP contribution in [0, 0.1) is 0 Å². The molecule has 0 bridgehead atoms. The number of hydrogen-bond donors (Lipinski definition) is 1. The first kappa shape index (κ1) is 14.3. The molecule has 2 fully saturated rings. The summed E-state index contributed by atoms with van der Waals surface area (Å²) in [6.45, 7) is 6.33. The lowest BCUT2D eigenvalue weighted by Gasteiger charge is -2.46. The van der Waals surface area contributed by atoms with Crippen LogP contribution in [-0.4, -0.2) is 62.5 Å². The summed E-state index contributed by atoms with van der Waals surface area (Å²) in [5.41, 5.74) is 0. The van der Waals surface area contributed by atoms with Gasteiger partial charge in [0.05, 0.1) is 12.2 Å². The lowest BCUT2D eigenvalue weighted by atomic mass is 9.83. The number of rotatable bonds is 5. The number of likely N-dealkylation sites (tertiary alicyclic amines) is 1. The monoisotopic (exact) mass is 256 g/mol. The molecule has 0 spiro atoms. The van der Waals surface area contributed by atoms with Crippen LogP contribution in [0.3, 0.4) is 0 Å². The minimum Gasteiger partial charge on any atom is -0.377 e. The Bertz CT molecular complexity index is 262. The molecule has 1 heterocycles. The fraction of sp³-hybridized carbons (Fsp3) is 1.00. The highest BCUT2D eigenvalue weighted by Crippen LogP contribution is 2.28. The van der Waals surface area contributed by atoms with E-state index in [4.69, 9.17) is 9.47 Å². The third kappa shape index (κ3) is 3.05. The summed E-state index contributed by atoms with van der Waals surface area (Å²) in [6, 6.07) is 1.80. The Hall–Kier alpha value is -0.160. The van der Waals surface area contributed by atoms with Gasteiger partial charge in [0.2, 0.25) is 0 Å². The molecule has 0 aromatic heterocycles. The number of piperidine rings is 1. The Kier molecular flexibility index (Phi) is 5.01. The van der Waals surface area contributed by atoms with Gasteiger partial charge in [0.1, 0.15) is 0 Å². The molecule has 4 heteroatoms. The van der Waals surface area contributed by atoms with Crippen LogP contribution in [0.2, 0.25) is 0 Å². The summed E-state index contributed by atoms with van der Waals surface area (Å²) < 4.78 is 11.2. The van der Waals surface area contributed by atoms with E-state index < -0.39 is 0 Å². The van der Waals surface area contributed by atoms with E-state index in [1.54, 1.807) is 7.11 Å². The van der Waals surface area contributed by atoms with E-state index in [2.05, 4.69) is 24.2 Å². The van der Waals surface area contributed by atoms with Crippen molar-refractivity contribution in [3.63, 3.8) is 0 Å². The maximum atomic E-state index is 5.67. The van der Waals surface area contributed by atoms with Crippen molar-refractivity contribution in [2.24, 2.45) is 0 Å². The Morgan fingerprint density at radius 1 is 1.33 bits per heavy atom. The quantitative estimate of drug-likeness (QED) is 0.803. The van der Waals surface area contributed by atoms with Gasteiger partial charge in [-0.15, -0.1) is 0 Å². The van der Waals surface area contributed by atoms with Crippen molar-refractivity contribution in [1.29, 1.82) is 0 Å². The number of methoxy groups -OCH3 is 1. The lowest BCUT2D eigenvalue weighted by molar-refractivity contribution is -0.134. The number of hydrogen-bond acceptors (Lipinski definition) is 4. The van der Waals surface area contributed by atoms with E-state index in [0.717, 1.165) is 13.0 Å². The third-order valence-corrected chi connectivity index (χ3v) is 4.56. The van der Waals surface area contributed by atoms with Crippen molar-refractivity contribution < 1.29 is 9.47 Å². The Balaban J connectivity index is 1.77. The number of ether oxygens (including phenoxy) is 2. The van der Waals surface area contributed by atoms with E-state index in [1.807, 2.05) is 6.92 Å². The number of nitrogens with one attached hydrogen (secondary N) is 1.